The van der Waals surface area contributed by atoms with Crippen LogP contribution in [0.3, 0.4) is 0 Å². The van der Waals surface area contributed by atoms with Gasteiger partial charge in [-0.05, 0) is 34.9 Å². The third kappa shape index (κ3) is 3.93. The Labute approximate surface area is 145 Å². The molecule has 3 aromatic carbocycles. The zero-order chi connectivity index (χ0) is 17.6. The smallest absolute Gasteiger partial charge is 0.339 e. The molecule has 0 saturated heterocycles. The van der Waals surface area contributed by atoms with Crippen molar-refractivity contribution >= 4 is 11.9 Å². The first-order chi connectivity index (χ1) is 12.1. The van der Waals surface area contributed by atoms with Crippen LogP contribution in [0.25, 0.3) is 11.1 Å². The van der Waals surface area contributed by atoms with Crippen molar-refractivity contribution in [2.45, 2.75) is 6.61 Å². The molecule has 0 heterocycles. The number of nitrogens with two attached hydrogens (primary N) is 1. The van der Waals surface area contributed by atoms with Crippen LogP contribution in [0.2, 0.25) is 0 Å². The predicted octanol–water partition coefficient (Wildman–Crippen LogP) is 3.81. The van der Waals surface area contributed by atoms with E-state index in [1.165, 1.54) is 0 Å². The number of rotatable bonds is 5. The van der Waals surface area contributed by atoms with Crippen molar-refractivity contribution in [3.05, 3.63) is 95.6 Å². The molecule has 3 rings (SSSR count). The number of esters is 1. The van der Waals surface area contributed by atoms with Gasteiger partial charge in [0.05, 0.1) is 5.56 Å². The molecule has 0 bridgehead atoms. The summed E-state index contributed by atoms with van der Waals surface area (Å²) in [5.74, 6) is -0.876. The van der Waals surface area contributed by atoms with Crippen molar-refractivity contribution in [3.63, 3.8) is 0 Å². The molecule has 0 fully saturated rings. The summed E-state index contributed by atoms with van der Waals surface area (Å²) in [7, 11) is 0. The van der Waals surface area contributed by atoms with Gasteiger partial charge < -0.3 is 10.5 Å². The molecule has 0 radical (unpaired) electrons. The van der Waals surface area contributed by atoms with E-state index in [9.17, 15) is 9.59 Å². The molecule has 4 heteroatoms. The highest BCUT2D eigenvalue weighted by molar-refractivity contribution is 5.97. The maximum absolute atomic E-state index is 12.5. The van der Waals surface area contributed by atoms with E-state index in [0.29, 0.717) is 11.1 Å². The third-order valence-electron chi connectivity index (χ3n) is 3.84. The molecule has 0 aromatic heterocycles. The summed E-state index contributed by atoms with van der Waals surface area (Å²) in [6.45, 7) is 0.126. The average Bonchev–Trinajstić information content (AvgIpc) is 2.67. The summed E-state index contributed by atoms with van der Waals surface area (Å²) in [5.41, 5.74) is 8.72. The van der Waals surface area contributed by atoms with Crippen molar-refractivity contribution in [1.82, 2.24) is 0 Å². The molecule has 0 spiro atoms. The van der Waals surface area contributed by atoms with Gasteiger partial charge in [-0.15, -0.1) is 0 Å². The van der Waals surface area contributed by atoms with Crippen LogP contribution in [0.4, 0.5) is 0 Å². The lowest BCUT2D eigenvalue weighted by Crippen LogP contribution is -2.11. The molecule has 0 aliphatic heterocycles. The second kappa shape index (κ2) is 7.45. The highest BCUT2D eigenvalue weighted by atomic mass is 16.5. The molecule has 0 aliphatic carbocycles. The van der Waals surface area contributed by atoms with Crippen molar-refractivity contribution in [2.75, 3.05) is 0 Å². The summed E-state index contributed by atoms with van der Waals surface area (Å²) in [6.07, 6.45) is 0. The number of hydrogen-bond donors (Lipinski definition) is 1. The number of amides is 1. The topological polar surface area (TPSA) is 69.4 Å². The number of hydrogen-bond acceptors (Lipinski definition) is 3. The van der Waals surface area contributed by atoms with E-state index in [-0.39, 0.29) is 6.61 Å². The van der Waals surface area contributed by atoms with Crippen molar-refractivity contribution in [3.8, 4) is 11.1 Å². The van der Waals surface area contributed by atoms with Crippen LogP contribution >= 0.6 is 0 Å². The van der Waals surface area contributed by atoms with Gasteiger partial charge >= 0.3 is 5.97 Å². The quantitative estimate of drug-likeness (QED) is 0.723. The lowest BCUT2D eigenvalue weighted by atomic mass is 10.00. The molecular formula is C21H17NO3. The number of benzene rings is 3. The van der Waals surface area contributed by atoms with Crippen molar-refractivity contribution in [2.24, 2.45) is 5.73 Å². The van der Waals surface area contributed by atoms with Crippen LogP contribution in [0.1, 0.15) is 26.3 Å². The first-order valence-corrected chi connectivity index (χ1v) is 7.85. The maximum atomic E-state index is 12.5. The van der Waals surface area contributed by atoms with Gasteiger partial charge in [0.15, 0.2) is 0 Å². The monoisotopic (exact) mass is 331 g/mol. The summed E-state index contributed by atoms with van der Waals surface area (Å²) in [6, 6.07) is 23.7. The summed E-state index contributed by atoms with van der Waals surface area (Å²) in [5, 5.41) is 0. The highest BCUT2D eigenvalue weighted by Crippen LogP contribution is 2.24. The Bertz CT molecular complexity index is 887. The van der Waals surface area contributed by atoms with Gasteiger partial charge in [0, 0.05) is 5.56 Å². The summed E-state index contributed by atoms with van der Waals surface area (Å²) in [4.78, 5) is 23.6. The Morgan fingerprint density at radius 3 is 2.12 bits per heavy atom. The Balaban J connectivity index is 1.75. The molecular weight excluding hydrogens is 314 g/mol. The molecule has 124 valence electrons. The molecule has 0 atom stereocenters. The minimum absolute atomic E-state index is 0.126. The van der Waals surface area contributed by atoms with Gasteiger partial charge in [-0.25, -0.2) is 4.79 Å². The number of carbonyl (C=O) groups excluding carboxylic acids is 2. The van der Waals surface area contributed by atoms with Gasteiger partial charge in [0.25, 0.3) is 0 Å². The zero-order valence-electron chi connectivity index (χ0n) is 13.5. The van der Waals surface area contributed by atoms with Crippen LogP contribution in [0, 0.1) is 0 Å². The Hall–Kier alpha value is -3.40. The number of primary amides is 1. The zero-order valence-corrected chi connectivity index (χ0v) is 13.5. The lowest BCUT2D eigenvalue weighted by Gasteiger charge is -2.10. The SMILES string of the molecule is NC(=O)c1ccc(COC(=O)c2ccccc2-c2ccccc2)cc1. The molecule has 0 unspecified atom stereocenters. The van der Waals surface area contributed by atoms with Crippen LogP contribution in [-0.4, -0.2) is 11.9 Å². The van der Waals surface area contributed by atoms with E-state index < -0.39 is 11.9 Å². The van der Waals surface area contributed by atoms with Gasteiger partial charge in [-0.1, -0.05) is 60.7 Å². The summed E-state index contributed by atoms with van der Waals surface area (Å²) < 4.78 is 5.42. The van der Waals surface area contributed by atoms with Crippen LogP contribution < -0.4 is 5.73 Å². The normalized spacial score (nSPS) is 10.2. The fourth-order valence-electron chi connectivity index (χ4n) is 2.52. The summed E-state index contributed by atoms with van der Waals surface area (Å²) >= 11 is 0. The molecule has 0 aliphatic rings. The van der Waals surface area contributed by atoms with Crippen LogP contribution in [0.15, 0.2) is 78.9 Å². The predicted molar refractivity (Wildman–Crippen MR) is 96.0 cm³/mol. The minimum Gasteiger partial charge on any atom is -0.457 e. The van der Waals surface area contributed by atoms with Crippen LogP contribution in [0.5, 0.6) is 0 Å². The van der Waals surface area contributed by atoms with Gasteiger partial charge in [0.1, 0.15) is 6.61 Å². The molecule has 1 amide bonds. The van der Waals surface area contributed by atoms with E-state index in [1.54, 1.807) is 30.3 Å². The van der Waals surface area contributed by atoms with Crippen LogP contribution in [-0.2, 0) is 11.3 Å². The van der Waals surface area contributed by atoms with Crippen molar-refractivity contribution in [1.29, 1.82) is 0 Å². The second-order valence-corrected chi connectivity index (χ2v) is 5.55. The molecule has 0 saturated carbocycles. The fraction of sp³-hybridized carbons (Fsp3) is 0.0476. The standard InChI is InChI=1S/C21H17NO3/c22-20(23)17-12-10-15(11-13-17)14-25-21(24)19-9-5-4-8-18(19)16-6-2-1-3-7-16/h1-13H,14H2,(H2,22,23). The van der Waals surface area contributed by atoms with Gasteiger partial charge in [-0.3, -0.25) is 4.79 Å². The first-order valence-electron chi connectivity index (χ1n) is 7.85. The maximum Gasteiger partial charge on any atom is 0.339 e. The molecule has 2 N–H and O–H groups in total. The average molecular weight is 331 g/mol. The fourth-order valence-corrected chi connectivity index (χ4v) is 2.52. The Morgan fingerprint density at radius 1 is 0.800 bits per heavy atom. The third-order valence-corrected chi connectivity index (χ3v) is 3.84. The molecule has 3 aromatic rings. The Kier molecular flexibility index (Phi) is 4.90. The minimum atomic E-state index is -0.486. The molecule has 25 heavy (non-hydrogen) atoms. The highest BCUT2D eigenvalue weighted by Gasteiger charge is 2.13. The van der Waals surface area contributed by atoms with Gasteiger partial charge in [0.2, 0.25) is 5.91 Å². The first kappa shape index (κ1) is 16.5. The Morgan fingerprint density at radius 2 is 1.44 bits per heavy atom. The van der Waals surface area contributed by atoms with E-state index in [4.69, 9.17) is 10.5 Å². The van der Waals surface area contributed by atoms with E-state index in [0.717, 1.165) is 16.7 Å². The second-order valence-electron chi connectivity index (χ2n) is 5.55. The van der Waals surface area contributed by atoms with Crippen molar-refractivity contribution < 1.29 is 14.3 Å². The molecule has 4 nitrogen and oxygen atoms in total. The number of carbonyl (C=O) groups is 2. The largest absolute Gasteiger partial charge is 0.457 e. The lowest BCUT2D eigenvalue weighted by molar-refractivity contribution is 0.0473. The van der Waals surface area contributed by atoms with E-state index in [2.05, 4.69) is 0 Å². The van der Waals surface area contributed by atoms with Gasteiger partial charge in [-0.2, -0.15) is 0 Å². The van der Waals surface area contributed by atoms with E-state index in [1.807, 2.05) is 48.5 Å². The number of ether oxygens (including phenoxy) is 1. The van der Waals surface area contributed by atoms with E-state index >= 15 is 0 Å².